The lowest BCUT2D eigenvalue weighted by atomic mass is 10.0. The first-order valence-electron chi connectivity index (χ1n) is 7.77. The number of hydrogen-bond donors (Lipinski definition) is 2. The summed E-state index contributed by atoms with van der Waals surface area (Å²) < 4.78 is 0. The zero-order valence-electron chi connectivity index (χ0n) is 13.3. The Morgan fingerprint density at radius 1 is 0.682 bits per heavy atom. The lowest BCUT2D eigenvalue weighted by Crippen LogP contribution is -2.00. The third-order valence-electron chi connectivity index (χ3n) is 3.86. The predicted octanol–water partition coefficient (Wildman–Crippen LogP) is 4.14. The van der Waals surface area contributed by atoms with E-state index in [-0.39, 0.29) is 0 Å². The van der Waals surface area contributed by atoms with E-state index in [9.17, 15) is 0 Å². The largest absolute Gasteiger partial charge is 0.326 e. The van der Waals surface area contributed by atoms with Gasteiger partial charge in [-0.05, 0) is 59.4 Å². The lowest BCUT2D eigenvalue weighted by molar-refractivity contribution is 0.996. The van der Waals surface area contributed by atoms with Crippen LogP contribution in [0.1, 0.15) is 36.1 Å². The normalized spacial score (nSPS) is 11.3. The molecule has 0 atom stereocenters. The van der Waals surface area contributed by atoms with Crippen molar-refractivity contribution in [1.29, 1.82) is 0 Å². The minimum absolute atomic E-state index is 0.523. The van der Waals surface area contributed by atoms with Crippen LogP contribution in [0, 0.1) is 0 Å². The van der Waals surface area contributed by atoms with Crippen LogP contribution in [0.3, 0.4) is 0 Å². The fraction of sp³-hybridized carbons (Fsp3) is 0.333. The van der Waals surface area contributed by atoms with E-state index in [1.807, 2.05) is 24.3 Å². The van der Waals surface area contributed by atoms with Gasteiger partial charge in [0, 0.05) is 13.1 Å². The van der Waals surface area contributed by atoms with E-state index in [2.05, 4.69) is 36.2 Å². The van der Waals surface area contributed by atoms with E-state index < -0.39 is 0 Å². The van der Waals surface area contributed by atoms with Crippen LogP contribution in [0.5, 0.6) is 0 Å². The maximum absolute atomic E-state index is 5.79. The number of nitrogens with two attached hydrogens (primary N) is 2. The summed E-state index contributed by atoms with van der Waals surface area (Å²) in [6, 6.07) is 12.1. The highest BCUT2D eigenvalue weighted by molar-refractivity contribution is 5.47. The summed E-state index contributed by atoms with van der Waals surface area (Å²) in [6.45, 7) is 5.29. The monoisotopic (exact) mass is 296 g/mol. The van der Waals surface area contributed by atoms with E-state index in [0.717, 1.165) is 35.3 Å². The Morgan fingerprint density at radius 3 is 1.41 bits per heavy atom. The summed E-state index contributed by atoms with van der Waals surface area (Å²) in [7, 11) is 0. The maximum atomic E-state index is 5.79. The van der Waals surface area contributed by atoms with Gasteiger partial charge < -0.3 is 11.5 Å². The van der Waals surface area contributed by atoms with Crippen LogP contribution in [0.25, 0.3) is 0 Å². The molecule has 2 rings (SSSR count). The van der Waals surface area contributed by atoms with Crippen molar-refractivity contribution in [2.45, 2.75) is 39.8 Å². The van der Waals surface area contributed by atoms with Gasteiger partial charge in [-0.15, -0.1) is 0 Å². The summed E-state index contributed by atoms with van der Waals surface area (Å²) in [6.07, 6.45) is 1.95. The second kappa shape index (κ2) is 7.82. The molecule has 0 fully saturated rings. The van der Waals surface area contributed by atoms with Crippen molar-refractivity contribution < 1.29 is 0 Å². The number of hydrogen-bond acceptors (Lipinski definition) is 4. The average Bonchev–Trinajstić information content (AvgIpc) is 2.59. The minimum Gasteiger partial charge on any atom is -0.326 e. The van der Waals surface area contributed by atoms with Gasteiger partial charge in [0.15, 0.2) is 0 Å². The SMILES string of the molecule is CCc1ccc(N=Nc2ccc(CC)c(CN)c2)cc1CN. The molecular formula is C18H24N4. The Morgan fingerprint density at radius 2 is 1.09 bits per heavy atom. The van der Waals surface area contributed by atoms with Crippen molar-refractivity contribution in [2.24, 2.45) is 21.7 Å². The van der Waals surface area contributed by atoms with Crippen molar-refractivity contribution in [3.05, 3.63) is 58.7 Å². The Labute approximate surface area is 132 Å². The molecule has 0 saturated carbocycles. The number of aryl methyl sites for hydroxylation is 2. The van der Waals surface area contributed by atoms with E-state index >= 15 is 0 Å². The van der Waals surface area contributed by atoms with Crippen LogP contribution >= 0.6 is 0 Å². The molecule has 4 heteroatoms. The molecule has 0 aliphatic rings. The van der Waals surface area contributed by atoms with Gasteiger partial charge in [0.1, 0.15) is 0 Å². The summed E-state index contributed by atoms with van der Waals surface area (Å²) in [5, 5.41) is 8.64. The number of azo groups is 1. The quantitative estimate of drug-likeness (QED) is 0.786. The van der Waals surface area contributed by atoms with Gasteiger partial charge in [-0.2, -0.15) is 10.2 Å². The Bertz CT molecular complexity index is 605. The van der Waals surface area contributed by atoms with Crippen LogP contribution in [0.4, 0.5) is 11.4 Å². The molecule has 0 bridgehead atoms. The first-order valence-corrected chi connectivity index (χ1v) is 7.77. The molecule has 0 aliphatic heterocycles. The van der Waals surface area contributed by atoms with Crippen molar-refractivity contribution in [2.75, 3.05) is 0 Å². The summed E-state index contributed by atoms with van der Waals surface area (Å²) in [5.74, 6) is 0. The highest BCUT2D eigenvalue weighted by Crippen LogP contribution is 2.23. The third kappa shape index (κ3) is 3.78. The van der Waals surface area contributed by atoms with Crippen LogP contribution in [-0.4, -0.2) is 0 Å². The molecule has 4 nitrogen and oxygen atoms in total. The van der Waals surface area contributed by atoms with Gasteiger partial charge >= 0.3 is 0 Å². The number of rotatable bonds is 6. The molecule has 0 amide bonds. The highest BCUT2D eigenvalue weighted by Gasteiger charge is 2.02. The molecule has 0 radical (unpaired) electrons. The summed E-state index contributed by atoms with van der Waals surface area (Å²) in [4.78, 5) is 0. The molecule has 4 N–H and O–H groups in total. The first kappa shape index (κ1) is 16.3. The molecule has 0 aromatic heterocycles. The van der Waals surface area contributed by atoms with Crippen molar-refractivity contribution in [3.8, 4) is 0 Å². The molecular weight excluding hydrogens is 272 g/mol. The molecule has 0 saturated heterocycles. The van der Waals surface area contributed by atoms with Crippen molar-refractivity contribution >= 4 is 11.4 Å². The molecule has 0 aliphatic carbocycles. The van der Waals surface area contributed by atoms with Crippen LogP contribution in [-0.2, 0) is 25.9 Å². The molecule has 2 aromatic rings. The van der Waals surface area contributed by atoms with E-state index in [1.54, 1.807) is 0 Å². The van der Waals surface area contributed by atoms with E-state index in [0.29, 0.717) is 13.1 Å². The van der Waals surface area contributed by atoms with Crippen molar-refractivity contribution in [1.82, 2.24) is 0 Å². The van der Waals surface area contributed by atoms with E-state index in [4.69, 9.17) is 11.5 Å². The van der Waals surface area contributed by atoms with Crippen LogP contribution < -0.4 is 11.5 Å². The van der Waals surface area contributed by atoms with Gasteiger partial charge in [0.25, 0.3) is 0 Å². The number of nitrogens with zero attached hydrogens (tertiary/aromatic N) is 2. The average molecular weight is 296 g/mol. The lowest BCUT2D eigenvalue weighted by Gasteiger charge is -2.07. The van der Waals surface area contributed by atoms with Gasteiger partial charge in [-0.3, -0.25) is 0 Å². The molecule has 0 spiro atoms. The third-order valence-corrected chi connectivity index (χ3v) is 3.86. The molecule has 2 aromatic carbocycles. The summed E-state index contributed by atoms with van der Waals surface area (Å²) in [5.41, 5.74) is 18.0. The Hall–Kier alpha value is -2.04. The zero-order chi connectivity index (χ0) is 15.9. The zero-order valence-corrected chi connectivity index (χ0v) is 13.3. The van der Waals surface area contributed by atoms with Crippen LogP contribution in [0.2, 0.25) is 0 Å². The highest BCUT2D eigenvalue weighted by atomic mass is 15.1. The van der Waals surface area contributed by atoms with Gasteiger partial charge in [-0.25, -0.2) is 0 Å². The maximum Gasteiger partial charge on any atom is 0.0860 e. The Kier molecular flexibility index (Phi) is 5.81. The molecule has 0 unspecified atom stereocenters. The number of benzene rings is 2. The standard InChI is InChI=1S/C18H24N4/c1-3-13-5-7-17(9-15(13)11-19)21-22-18-8-6-14(4-2)16(10-18)12-20/h5-10H,3-4,11-12,19-20H2,1-2H3. The molecule has 116 valence electrons. The molecule has 0 heterocycles. The molecule has 22 heavy (non-hydrogen) atoms. The summed E-state index contributed by atoms with van der Waals surface area (Å²) >= 11 is 0. The smallest absolute Gasteiger partial charge is 0.0860 e. The fourth-order valence-corrected chi connectivity index (χ4v) is 2.53. The second-order valence-corrected chi connectivity index (χ2v) is 5.22. The van der Waals surface area contributed by atoms with Gasteiger partial charge in [0.2, 0.25) is 0 Å². The second-order valence-electron chi connectivity index (χ2n) is 5.22. The van der Waals surface area contributed by atoms with E-state index in [1.165, 1.54) is 11.1 Å². The van der Waals surface area contributed by atoms with Crippen LogP contribution in [0.15, 0.2) is 46.6 Å². The topological polar surface area (TPSA) is 76.8 Å². The minimum atomic E-state index is 0.523. The van der Waals surface area contributed by atoms with Gasteiger partial charge in [-0.1, -0.05) is 26.0 Å². The fourth-order valence-electron chi connectivity index (χ4n) is 2.53. The first-order chi connectivity index (χ1) is 10.7. The Balaban J connectivity index is 2.25. The van der Waals surface area contributed by atoms with Crippen molar-refractivity contribution in [3.63, 3.8) is 0 Å². The van der Waals surface area contributed by atoms with Gasteiger partial charge in [0.05, 0.1) is 11.4 Å². The predicted molar refractivity (Wildman–Crippen MR) is 91.6 cm³/mol.